The molecule has 2 aromatic rings. The lowest BCUT2D eigenvalue weighted by Gasteiger charge is -2.39. The molecule has 0 atom stereocenters. The van der Waals surface area contributed by atoms with Gasteiger partial charge in [0.05, 0.1) is 0 Å². The Hall–Kier alpha value is -1.37. The largest absolute Gasteiger partial charge is 0.302 e. The van der Waals surface area contributed by atoms with Gasteiger partial charge in [0.25, 0.3) is 10.0 Å². The molecular formula is C16H20N2O2S2. The van der Waals surface area contributed by atoms with Gasteiger partial charge in [-0.3, -0.25) is 4.72 Å². The van der Waals surface area contributed by atoms with Crippen LogP contribution in [-0.2, 0) is 10.0 Å². The van der Waals surface area contributed by atoms with E-state index in [0.29, 0.717) is 15.8 Å². The van der Waals surface area contributed by atoms with Crippen LogP contribution in [0.25, 0.3) is 0 Å². The van der Waals surface area contributed by atoms with Crippen LogP contribution in [0.5, 0.6) is 0 Å². The van der Waals surface area contributed by atoms with E-state index in [1.165, 1.54) is 23.3 Å². The van der Waals surface area contributed by atoms with Gasteiger partial charge in [0.1, 0.15) is 4.21 Å². The lowest BCUT2D eigenvalue weighted by atomic mass is 9.91. The van der Waals surface area contributed by atoms with Crippen molar-refractivity contribution in [2.75, 3.05) is 24.4 Å². The number of benzene rings is 1. The van der Waals surface area contributed by atoms with Gasteiger partial charge in [-0.1, -0.05) is 25.1 Å². The molecule has 1 N–H and O–H groups in total. The van der Waals surface area contributed by atoms with Crippen molar-refractivity contribution in [3.63, 3.8) is 0 Å². The van der Waals surface area contributed by atoms with Gasteiger partial charge in [0, 0.05) is 24.7 Å². The molecule has 0 unspecified atom stereocenters. The van der Waals surface area contributed by atoms with E-state index in [1.807, 2.05) is 24.3 Å². The molecule has 0 spiro atoms. The predicted molar refractivity (Wildman–Crippen MR) is 91.0 cm³/mol. The molecule has 3 rings (SSSR count). The first-order valence-corrected chi connectivity index (χ1v) is 9.83. The van der Waals surface area contributed by atoms with E-state index in [2.05, 4.69) is 16.5 Å². The summed E-state index contributed by atoms with van der Waals surface area (Å²) in [7, 11) is -3.45. The number of rotatable bonds is 6. The molecule has 1 aliphatic heterocycles. The van der Waals surface area contributed by atoms with Crippen molar-refractivity contribution in [3.05, 3.63) is 47.3 Å². The average molecular weight is 336 g/mol. The second-order valence-corrected chi connectivity index (χ2v) is 8.47. The SMILES string of the molecule is CCCN1CC(c2ccc(NS(=O)(=O)c3cccs3)cc2)C1. The maximum absolute atomic E-state index is 12.2. The Bertz CT molecular complexity index is 703. The van der Waals surface area contributed by atoms with Crippen LogP contribution >= 0.6 is 11.3 Å². The Labute approximate surface area is 135 Å². The molecule has 0 bridgehead atoms. The molecular weight excluding hydrogens is 316 g/mol. The van der Waals surface area contributed by atoms with Gasteiger partial charge in [-0.25, -0.2) is 8.42 Å². The van der Waals surface area contributed by atoms with Crippen molar-refractivity contribution in [3.8, 4) is 0 Å². The third-order valence-corrected chi connectivity index (χ3v) is 6.67. The maximum Gasteiger partial charge on any atom is 0.271 e. The zero-order chi connectivity index (χ0) is 15.6. The van der Waals surface area contributed by atoms with E-state index in [9.17, 15) is 8.42 Å². The summed E-state index contributed by atoms with van der Waals surface area (Å²) in [4.78, 5) is 2.44. The number of nitrogens with one attached hydrogen (secondary N) is 1. The van der Waals surface area contributed by atoms with E-state index >= 15 is 0 Å². The van der Waals surface area contributed by atoms with Crippen LogP contribution in [0.2, 0.25) is 0 Å². The van der Waals surface area contributed by atoms with E-state index < -0.39 is 10.0 Å². The summed E-state index contributed by atoms with van der Waals surface area (Å²) in [5, 5.41) is 1.76. The number of likely N-dealkylation sites (tertiary alicyclic amines) is 1. The van der Waals surface area contributed by atoms with Crippen molar-refractivity contribution in [1.82, 2.24) is 4.90 Å². The first-order chi connectivity index (χ1) is 10.6. The zero-order valence-corrected chi connectivity index (χ0v) is 14.2. The third-order valence-electron chi connectivity index (χ3n) is 3.89. The molecule has 118 valence electrons. The van der Waals surface area contributed by atoms with Gasteiger partial charge < -0.3 is 4.90 Å². The summed E-state index contributed by atoms with van der Waals surface area (Å²) in [6, 6.07) is 11.1. The monoisotopic (exact) mass is 336 g/mol. The van der Waals surface area contributed by atoms with Crippen LogP contribution < -0.4 is 4.72 Å². The number of hydrogen-bond acceptors (Lipinski definition) is 4. The minimum absolute atomic E-state index is 0.339. The molecule has 0 aliphatic carbocycles. The van der Waals surface area contributed by atoms with Crippen molar-refractivity contribution in [1.29, 1.82) is 0 Å². The molecule has 1 aliphatic rings. The smallest absolute Gasteiger partial charge is 0.271 e. The van der Waals surface area contributed by atoms with Gasteiger partial charge in [-0.05, 0) is 42.1 Å². The summed E-state index contributed by atoms with van der Waals surface area (Å²) < 4.78 is 27.3. The second-order valence-electron chi connectivity index (χ2n) is 5.62. The molecule has 0 radical (unpaired) electrons. The van der Waals surface area contributed by atoms with Crippen LogP contribution in [-0.4, -0.2) is 33.0 Å². The van der Waals surface area contributed by atoms with Crippen molar-refractivity contribution >= 4 is 27.0 Å². The molecule has 1 saturated heterocycles. The predicted octanol–water partition coefficient (Wildman–Crippen LogP) is 3.36. The number of thiophene rings is 1. The highest BCUT2D eigenvalue weighted by Gasteiger charge is 2.27. The third kappa shape index (κ3) is 3.34. The number of sulfonamides is 1. The first kappa shape index (κ1) is 15.5. The van der Waals surface area contributed by atoms with E-state index in [4.69, 9.17) is 0 Å². The highest BCUT2D eigenvalue weighted by atomic mass is 32.2. The van der Waals surface area contributed by atoms with E-state index in [1.54, 1.807) is 17.5 Å². The van der Waals surface area contributed by atoms with E-state index in [0.717, 1.165) is 19.6 Å². The normalized spacial score (nSPS) is 16.4. The van der Waals surface area contributed by atoms with Crippen LogP contribution in [0.4, 0.5) is 5.69 Å². The topological polar surface area (TPSA) is 49.4 Å². The fraction of sp³-hybridized carbons (Fsp3) is 0.375. The number of nitrogens with zero attached hydrogens (tertiary/aromatic N) is 1. The minimum atomic E-state index is -3.45. The average Bonchev–Trinajstić information content (AvgIpc) is 2.98. The molecule has 2 heterocycles. The first-order valence-electron chi connectivity index (χ1n) is 7.47. The molecule has 0 saturated carbocycles. The van der Waals surface area contributed by atoms with Crippen LogP contribution in [0, 0.1) is 0 Å². The van der Waals surface area contributed by atoms with Gasteiger partial charge in [-0.2, -0.15) is 0 Å². The number of hydrogen-bond donors (Lipinski definition) is 1. The van der Waals surface area contributed by atoms with Crippen molar-refractivity contribution < 1.29 is 8.42 Å². The lowest BCUT2D eigenvalue weighted by molar-refractivity contribution is 0.149. The molecule has 1 aromatic carbocycles. The van der Waals surface area contributed by atoms with Crippen molar-refractivity contribution in [2.45, 2.75) is 23.5 Å². The Morgan fingerprint density at radius 1 is 1.23 bits per heavy atom. The molecule has 1 aromatic heterocycles. The molecule has 0 amide bonds. The number of anilines is 1. The second kappa shape index (κ2) is 6.40. The summed E-state index contributed by atoms with van der Waals surface area (Å²) in [6.45, 7) is 5.57. The Morgan fingerprint density at radius 3 is 2.55 bits per heavy atom. The Kier molecular flexibility index (Phi) is 4.52. The van der Waals surface area contributed by atoms with Gasteiger partial charge in [0.2, 0.25) is 0 Å². The summed E-state index contributed by atoms with van der Waals surface area (Å²) in [5.41, 5.74) is 1.90. The molecule has 1 fully saturated rings. The Morgan fingerprint density at radius 2 is 1.95 bits per heavy atom. The highest BCUT2D eigenvalue weighted by Crippen LogP contribution is 2.28. The lowest BCUT2D eigenvalue weighted by Crippen LogP contribution is -2.45. The fourth-order valence-corrected chi connectivity index (χ4v) is 4.78. The van der Waals surface area contributed by atoms with Gasteiger partial charge in [0.15, 0.2) is 0 Å². The molecule has 22 heavy (non-hydrogen) atoms. The highest BCUT2D eigenvalue weighted by molar-refractivity contribution is 7.94. The zero-order valence-electron chi connectivity index (χ0n) is 12.5. The fourth-order valence-electron chi connectivity index (χ4n) is 2.72. The van der Waals surface area contributed by atoms with E-state index in [-0.39, 0.29) is 0 Å². The summed E-state index contributed by atoms with van der Waals surface area (Å²) >= 11 is 1.22. The van der Waals surface area contributed by atoms with Crippen LogP contribution in [0.3, 0.4) is 0 Å². The Balaban J connectivity index is 1.63. The van der Waals surface area contributed by atoms with Crippen molar-refractivity contribution in [2.24, 2.45) is 0 Å². The minimum Gasteiger partial charge on any atom is -0.302 e. The van der Waals surface area contributed by atoms with Crippen LogP contribution in [0.15, 0.2) is 46.0 Å². The van der Waals surface area contributed by atoms with Crippen LogP contribution in [0.1, 0.15) is 24.8 Å². The molecule has 6 heteroatoms. The molecule has 4 nitrogen and oxygen atoms in total. The summed E-state index contributed by atoms with van der Waals surface area (Å²) in [6.07, 6.45) is 1.19. The maximum atomic E-state index is 12.2. The quantitative estimate of drug-likeness (QED) is 0.880. The van der Waals surface area contributed by atoms with Gasteiger partial charge >= 0.3 is 0 Å². The van der Waals surface area contributed by atoms with Gasteiger partial charge in [-0.15, -0.1) is 11.3 Å². The summed E-state index contributed by atoms with van der Waals surface area (Å²) in [5.74, 6) is 0.578. The standard InChI is InChI=1S/C16H20N2O2S2/c1-2-9-18-11-14(12-18)13-5-7-15(8-6-13)17-22(19,20)16-4-3-10-21-16/h3-8,10,14,17H,2,9,11-12H2,1H3.